The van der Waals surface area contributed by atoms with E-state index in [1.165, 1.54) is 21.3 Å². The number of nitrogens with one attached hydrogen (secondary N) is 1. The number of aliphatic hydroxyl groups is 1. The summed E-state index contributed by atoms with van der Waals surface area (Å²) < 4.78 is 16.5. The number of aliphatic hydroxyl groups excluding tert-OH is 1. The largest absolute Gasteiger partial charge is 0.493 e. The molecule has 4 amide bonds. The fraction of sp³-hybridized carbons (Fsp3) is 0.654. The third-order valence-corrected chi connectivity index (χ3v) is 6.75. The molecule has 0 saturated heterocycles. The molecule has 0 radical (unpaired) electrons. The number of methoxy groups -OCH3 is 3. The molecule has 1 fully saturated rings. The van der Waals surface area contributed by atoms with Gasteiger partial charge in [0.15, 0.2) is 11.5 Å². The van der Waals surface area contributed by atoms with Crippen molar-refractivity contribution in [3.8, 4) is 17.2 Å². The molecule has 0 aliphatic heterocycles. The molecule has 1 unspecified atom stereocenters. The first-order valence-corrected chi connectivity index (χ1v) is 12.6. The second-order valence-electron chi connectivity index (χ2n) is 9.12. The van der Waals surface area contributed by atoms with Crippen LogP contribution >= 0.6 is 0 Å². The first-order valence-electron chi connectivity index (χ1n) is 12.6. The van der Waals surface area contributed by atoms with Gasteiger partial charge in [-0.2, -0.15) is 0 Å². The summed E-state index contributed by atoms with van der Waals surface area (Å²) in [7, 11) is 4.55. The minimum Gasteiger partial charge on any atom is -0.493 e. The van der Waals surface area contributed by atoms with E-state index >= 15 is 0 Å². The lowest BCUT2D eigenvalue weighted by molar-refractivity contribution is -0.132. The molecular formula is C26H41N3O7. The van der Waals surface area contributed by atoms with Crippen LogP contribution < -0.4 is 25.3 Å². The summed E-state index contributed by atoms with van der Waals surface area (Å²) in [5.74, 6) is -0.588. The molecule has 0 bridgehead atoms. The Morgan fingerprint density at radius 1 is 1.06 bits per heavy atom. The predicted octanol–water partition coefficient (Wildman–Crippen LogP) is 2.95. The number of rotatable bonds is 13. The Balaban J connectivity index is 2.54. The van der Waals surface area contributed by atoms with Crippen molar-refractivity contribution < 1.29 is 33.7 Å². The Labute approximate surface area is 213 Å². The van der Waals surface area contributed by atoms with Crippen LogP contribution in [0.25, 0.3) is 0 Å². The minimum atomic E-state index is -1.28. The van der Waals surface area contributed by atoms with Crippen molar-refractivity contribution >= 4 is 17.8 Å². The lowest BCUT2D eigenvalue weighted by Crippen LogP contribution is -2.54. The average molecular weight is 508 g/mol. The summed E-state index contributed by atoms with van der Waals surface area (Å²) in [6, 6.07) is 1.50. The lowest BCUT2D eigenvalue weighted by atomic mass is 9.76. The van der Waals surface area contributed by atoms with Crippen LogP contribution in [0.1, 0.15) is 69.8 Å². The van der Waals surface area contributed by atoms with Gasteiger partial charge in [0.1, 0.15) is 6.04 Å². The van der Waals surface area contributed by atoms with Gasteiger partial charge in [-0.25, -0.2) is 4.79 Å². The van der Waals surface area contributed by atoms with E-state index in [0.717, 1.165) is 49.8 Å². The van der Waals surface area contributed by atoms with Crippen LogP contribution in [0.15, 0.2) is 12.1 Å². The van der Waals surface area contributed by atoms with Crippen LogP contribution in [0.5, 0.6) is 17.2 Å². The third kappa shape index (κ3) is 7.25. The summed E-state index contributed by atoms with van der Waals surface area (Å²) in [5, 5.41) is 11.9. The zero-order chi connectivity index (χ0) is 26.7. The molecule has 1 aromatic rings. The molecule has 0 spiro atoms. The van der Waals surface area contributed by atoms with Gasteiger partial charge in [-0.05, 0) is 42.9 Å². The van der Waals surface area contributed by atoms with Crippen LogP contribution in [0, 0.1) is 5.92 Å². The van der Waals surface area contributed by atoms with Crippen LogP contribution in [0.2, 0.25) is 0 Å². The Hall–Kier alpha value is -3.01. The Bertz CT molecular complexity index is 861. The maximum atomic E-state index is 14.1. The van der Waals surface area contributed by atoms with Crippen molar-refractivity contribution in [3.63, 3.8) is 0 Å². The molecule has 202 valence electrons. The number of benzene rings is 1. The van der Waals surface area contributed by atoms with Gasteiger partial charge >= 0.3 is 6.03 Å². The number of carbonyl (C=O) groups excluding carboxylic acids is 3. The van der Waals surface area contributed by atoms with Crippen molar-refractivity contribution in [2.45, 2.75) is 70.3 Å². The van der Waals surface area contributed by atoms with Gasteiger partial charge in [0, 0.05) is 6.54 Å². The van der Waals surface area contributed by atoms with Gasteiger partial charge in [0.05, 0.1) is 33.9 Å². The molecule has 10 nitrogen and oxygen atoms in total. The van der Waals surface area contributed by atoms with E-state index in [1.807, 2.05) is 6.92 Å². The molecule has 2 atom stereocenters. The number of hydrogen-bond donors (Lipinski definition) is 3. The van der Waals surface area contributed by atoms with E-state index in [4.69, 9.17) is 19.9 Å². The average Bonchev–Trinajstić information content (AvgIpc) is 2.89. The Morgan fingerprint density at radius 2 is 1.67 bits per heavy atom. The first kappa shape index (κ1) is 29.2. The van der Waals surface area contributed by atoms with Crippen LogP contribution in [-0.2, 0) is 9.59 Å². The summed E-state index contributed by atoms with van der Waals surface area (Å²) >= 11 is 0. The number of amides is 4. The molecular weight excluding hydrogens is 466 g/mol. The molecule has 0 heterocycles. The van der Waals surface area contributed by atoms with Crippen LogP contribution in [0.4, 0.5) is 4.79 Å². The van der Waals surface area contributed by atoms with Crippen molar-refractivity contribution in [2.24, 2.45) is 11.7 Å². The first-order chi connectivity index (χ1) is 17.3. The highest BCUT2D eigenvalue weighted by molar-refractivity contribution is 5.99. The van der Waals surface area contributed by atoms with E-state index in [9.17, 15) is 19.5 Å². The van der Waals surface area contributed by atoms with E-state index < -0.39 is 30.5 Å². The SMILES string of the molecule is CCCCCN(C(=O)N[C@@H](CO)C(N)=O)C(=O)C(c1cc(OC)c(OC)c(OC)c1)C1CCCCC1. The lowest BCUT2D eigenvalue weighted by Gasteiger charge is -2.34. The van der Waals surface area contributed by atoms with E-state index in [2.05, 4.69) is 5.32 Å². The van der Waals surface area contributed by atoms with Crippen molar-refractivity contribution in [1.29, 1.82) is 0 Å². The topological polar surface area (TPSA) is 140 Å². The molecule has 10 heteroatoms. The molecule has 1 aliphatic rings. The maximum absolute atomic E-state index is 14.1. The van der Waals surface area contributed by atoms with Crippen molar-refractivity contribution in [2.75, 3.05) is 34.5 Å². The number of carbonyl (C=O) groups is 3. The zero-order valence-electron chi connectivity index (χ0n) is 21.9. The number of ether oxygens (including phenoxy) is 3. The third-order valence-electron chi connectivity index (χ3n) is 6.75. The minimum absolute atomic E-state index is 0.0142. The van der Waals surface area contributed by atoms with E-state index in [-0.39, 0.29) is 18.4 Å². The van der Waals surface area contributed by atoms with Crippen LogP contribution in [-0.4, -0.2) is 68.4 Å². The molecule has 0 aromatic heterocycles. The molecule has 4 N–H and O–H groups in total. The Kier molecular flexibility index (Phi) is 11.8. The van der Waals surface area contributed by atoms with Gasteiger partial charge in [0.2, 0.25) is 17.6 Å². The number of nitrogens with zero attached hydrogens (tertiary/aromatic N) is 1. The fourth-order valence-electron chi connectivity index (χ4n) is 4.80. The van der Waals surface area contributed by atoms with Gasteiger partial charge < -0.3 is 30.4 Å². The highest BCUT2D eigenvalue weighted by Gasteiger charge is 2.38. The summed E-state index contributed by atoms with van der Waals surface area (Å²) in [5.41, 5.74) is 5.97. The summed E-state index contributed by atoms with van der Waals surface area (Å²) in [6.07, 6.45) is 7.13. The van der Waals surface area contributed by atoms with Crippen LogP contribution in [0.3, 0.4) is 0 Å². The highest BCUT2D eigenvalue weighted by atomic mass is 16.5. The van der Waals surface area contributed by atoms with E-state index in [0.29, 0.717) is 29.2 Å². The number of primary amides is 1. The molecule has 2 rings (SSSR count). The van der Waals surface area contributed by atoms with Crippen molar-refractivity contribution in [3.05, 3.63) is 17.7 Å². The summed E-state index contributed by atoms with van der Waals surface area (Å²) in [4.78, 5) is 40.2. The second kappa shape index (κ2) is 14.5. The Morgan fingerprint density at radius 3 is 2.14 bits per heavy atom. The predicted molar refractivity (Wildman–Crippen MR) is 135 cm³/mol. The molecule has 1 aliphatic carbocycles. The monoisotopic (exact) mass is 507 g/mol. The smallest absolute Gasteiger partial charge is 0.324 e. The molecule has 36 heavy (non-hydrogen) atoms. The van der Waals surface area contributed by atoms with Gasteiger partial charge in [-0.15, -0.1) is 0 Å². The van der Waals surface area contributed by atoms with E-state index in [1.54, 1.807) is 12.1 Å². The normalized spacial score (nSPS) is 15.5. The zero-order valence-corrected chi connectivity index (χ0v) is 21.9. The number of imide groups is 1. The summed E-state index contributed by atoms with van der Waals surface area (Å²) in [6.45, 7) is 1.56. The fourth-order valence-corrected chi connectivity index (χ4v) is 4.80. The number of unbranched alkanes of at least 4 members (excludes halogenated alkanes) is 2. The standard InChI is InChI=1S/C26H41N3O7/c1-5-6-10-13-29(26(33)28-19(16-30)24(27)31)25(32)22(17-11-8-7-9-12-17)18-14-20(34-2)23(36-4)21(15-18)35-3/h14-15,17,19,22,30H,5-13,16H2,1-4H3,(H2,27,31)(H,28,33)/t19-,22?/m0/s1. The highest BCUT2D eigenvalue weighted by Crippen LogP contribution is 2.44. The van der Waals surface area contributed by atoms with Crippen molar-refractivity contribution in [1.82, 2.24) is 10.2 Å². The number of hydrogen-bond acceptors (Lipinski definition) is 7. The maximum Gasteiger partial charge on any atom is 0.324 e. The number of nitrogens with two attached hydrogens (primary N) is 1. The number of urea groups is 1. The van der Waals surface area contributed by atoms with Gasteiger partial charge in [-0.3, -0.25) is 14.5 Å². The quantitative estimate of drug-likeness (QED) is 0.349. The van der Waals surface area contributed by atoms with Gasteiger partial charge in [0.25, 0.3) is 0 Å². The second-order valence-corrected chi connectivity index (χ2v) is 9.12. The van der Waals surface area contributed by atoms with Gasteiger partial charge in [-0.1, -0.05) is 39.0 Å². The molecule has 1 saturated carbocycles. The molecule has 1 aromatic carbocycles.